The Labute approximate surface area is 130 Å². The van der Waals surface area contributed by atoms with Crippen molar-refractivity contribution in [2.45, 2.75) is 70.8 Å². The maximum absolute atomic E-state index is 11.5. The van der Waals surface area contributed by atoms with Crippen molar-refractivity contribution >= 4 is 17.3 Å². The Balaban J connectivity index is 2.44. The van der Waals surface area contributed by atoms with Gasteiger partial charge in [-0.15, -0.1) is 11.3 Å². The minimum absolute atomic E-state index is 0.116. The van der Waals surface area contributed by atoms with Crippen LogP contribution in [0.4, 0.5) is 0 Å². The number of aromatic nitrogens is 1. The number of carboxylic acid groups (broad SMARTS) is 1. The Morgan fingerprint density at radius 3 is 2.38 bits per heavy atom. The van der Waals surface area contributed by atoms with Gasteiger partial charge in [0.25, 0.3) is 0 Å². The predicted octanol–water partition coefficient (Wildman–Crippen LogP) is 4.55. The summed E-state index contributed by atoms with van der Waals surface area (Å²) < 4.78 is 6.12. The van der Waals surface area contributed by atoms with Gasteiger partial charge in [-0.25, -0.2) is 9.78 Å². The van der Waals surface area contributed by atoms with E-state index in [1.54, 1.807) is 0 Å². The molecular weight excluding hydrogens is 286 g/mol. The fourth-order valence-corrected chi connectivity index (χ4v) is 4.33. The molecule has 1 aliphatic rings. The van der Waals surface area contributed by atoms with Crippen molar-refractivity contribution in [3.63, 3.8) is 0 Å². The highest BCUT2D eigenvalue weighted by molar-refractivity contribution is 7.13. The third kappa shape index (κ3) is 3.46. The molecule has 1 aromatic heterocycles. The van der Waals surface area contributed by atoms with Gasteiger partial charge in [0.2, 0.25) is 0 Å². The van der Waals surface area contributed by atoms with Crippen LogP contribution in [0.5, 0.6) is 0 Å². The molecule has 4 nitrogen and oxygen atoms in total. The van der Waals surface area contributed by atoms with E-state index >= 15 is 0 Å². The van der Waals surface area contributed by atoms with Crippen molar-refractivity contribution < 1.29 is 14.6 Å². The van der Waals surface area contributed by atoms with Crippen molar-refractivity contribution in [1.82, 2.24) is 4.98 Å². The zero-order chi connectivity index (χ0) is 15.5. The summed E-state index contributed by atoms with van der Waals surface area (Å²) in [5.74, 6) is -0.756. The second-order valence-corrected chi connectivity index (χ2v) is 7.03. The van der Waals surface area contributed by atoms with E-state index in [9.17, 15) is 9.90 Å². The summed E-state index contributed by atoms with van der Waals surface area (Å²) in [4.78, 5) is 16.6. The van der Waals surface area contributed by atoms with Crippen LogP contribution >= 0.6 is 11.3 Å². The SMILES string of the molecule is CCOC1(c2nc(C(C)C)c(C(=O)O)s2)CCCCCC1. The maximum Gasteiger partial charge on any atom is 0.347 e. The first kappa shape index (κ1) is 16.4. The number of rotatable bonds is 5. The van der Waals surface area contributed by atoms with Gasteiger partial charge >= 0.3 is 5.97 Å². The molecule has 1 aromatic rings. The van der Waals surface area contributed by atoms with Gasteiger partial charge in [0, 0.05) is 6.61 Å². The van der Waals surface area contributed by atoms with Crippen molar-refractivity contribution in [2.24, 2.45) is 0 Å². The molecule has 118 valence electrons. The number of aromatic carboxylic acids is 1. The van der Waals surface area contributed by atoms with Gasteiger partial charge in [-0.2, -0.15) is 0 Å². The van der Waals surface area contributed by atoms with E-state index in [1.807, 2.05) is 20.8 Å². The fraction of sp³-hybridized carbons (Fsp3) is 0.750. The van der Waals surface area contributed by atoms with Gasteiger partial charge in [-0.1, -0.05) is 39.5 Å². The van der Waals surface area contributed by atoms with Crippen LogP contribution in [0.2, 0.25) is 0 Å². The summed E-state index contributed by atoms with van der Waals surface area (Å²) in [6.45, 7) is 6.62. The van der Waals surface area contributed by atoms with Crippen molar-refractivity contribution in [3.05, 3.63) is 15.6 Å². The first-order valence-corrected chi connectivity index (χ1v) is 8.70. The Hall–Kier alpha value is -0.940. The lowest BCUT2D eigenvalue weighted by atomic mass is 9.94. The first-order valence-electron chi connectivity index (χ1n) is 7.88. The van der Waals surface area contributed by atoms with Crippen molar-refractivity contribution in [2.75, 3.05) is 6.61 Å². The first-order chi connectivity index (χ1) is 10.00. The molecular formula is C16H25NO3S. The molecule has 0 spiro atoms. The quantitative estimate of drug-likeness (QED) is 0.810. The summed E-state index contributed by atoms with van der Waals surface area (Å²) >= 11 is 1.31. The van der Waals surface area contributed by atoms with Gasteiger partial charge in [-0.05, 0) is 25.7 Å². The second-order valence-electron chi connectivity index (χ2n) is 6.03. The fourth-order valence-electron chi connectivity index (χ4n) is 3.07. The molecule has 21 heavy (non-hydrogen) atoms. The van der Waals surface area contributed by atoms with E-state index in [2.05, 4.69) is 0 Å². The van der Waals surface area contributed by atoms with E-state index in [-0.39, 0.29) is 11.5 Å². The van der Waals surface area contributed by atoms with Gasteiger partial charge < -0.3 is 9.84 Å². The third-order valence-corrected chi connectivity index (χ3v) is 5.36. The summed E-state index contributed by atoms with van der Waals surface area (Å²) in [6.07, 6.45) is 6.60. The Morgan fingerprint density at radius 2 is 1.95 bits per heavy atom. The molecule has 1 N–H and O–H groups in total. The van der Waals surface area contributed by atoms with Crippen LogP contribution in [0.3, 0.4) is 0 Å². The molecule has 2 rings (SSSR count). The molecule has 0 aliphatic heterocycles. The number of hydrogen-bond acceptors (Lipinski definition) is 4. The monoisotopic (exact) mass is 311 g/mol. The number of nitrogens with zero attached hydrogens (tertiary/aromatic N) is 1. The van der Waals surface area contributed by atoms with Gasteiger partial charge in [0.1, 0.15) is 15.5 Å². The van der Waals surface area contributed by atoms with Gasteiger partial charge in [-0.3, -0.25) is 0 Å². The highest BCUT2D eigenvalue weighted by atomic mass is 32.1. The summed E-state index contributed by atoms with van der Waals surface area (Å²) in [5.41, 5.74) is 0.332. The van der Waals surface area contributed by atoms with Crippen LogP contribution in [-0.4, -0.2) is 22.7 Å². The molecule has 0 unspecified atom stereocenters. The number of thiazole rings is 1. The van der Waals surface area contributed by atoms with Gasteiger partial charge in [0.15, 0.2) is 0 Å². The number of ether oxygens (including phenoxy) is 1. The molecule has 1 fully saturated rings. The highest BCUT2D eigenvalue weighted by Gasteiger charge is 2.38. The second kappa shape index (κ2) is 6.88. The van der Waals surface area contributed by atoms with E-state index in [0.29, 0.717) is 17.2 Å². The van der Waals surface area contributed by atoms with E-state index in [1.165, 1.54) is 24.2 Å². The highest BCUT2D eigenvalue weighted by Crippen LogP contribution is 2.42. The number of carboxylic acids is 1. The predicted molar refractivity (Wildman–Crippen MR) is 84.2 cm³/mol. The molecule has 0 atom stereocenters. The lowest BCUT2D eigenvalue weighted by Gasteiger charge is -2.30. The van der Waals surface area contributed by atoms with Crippen LogP contribution < -0.4 is 0 Å². The zero-order valence-corrected chi connectivity index (χ0v) is 14.0. The van der Waals surface area contributed by atoms with Crippen molar-refractivity contribution in [3.8, 4) is 0 Å². The van der Waals surface area contributed by atoms with Crippen LogP contribution in [0, 0.1) is 0 Å². The Kier molecular flexibility index (Phi) is 5.38. The topological polar surface area (TPSA) is 59.4 Å². The molecule has 0 aromatic carbocycles. The lowest BCUT2D eigenvalue weighted by Crippen LogP contribution is -2.29. The van der Waals surface area contributed by atoms with Crippen molar-refractivity contribution in [1.29, 1.82) is 0 Å². The molecule has 1 aliphatic carbocycles. The normalized spacial score (nSPS) is 18.7. The molecule has 0 bridgehead atoms. The van der Waals surface area contributed by atoms with Gasteiger partial charge in [0.05, 0.1) is 5.69 Å². The molecule has 0 radical (unpaired) electrons. The largest absolute Gasteiger partial charge is 0.477 e. The van der Waals surface area contributed by atoms with Crippen LogP contribution in [-0.2, 0) is 10.3 Å². The summed E-state index contributed by atoms with van der Waals surface area (Å²) in [7, 11) is 0. The maximum atomic E-state index is 11.5. The average molecular weight is 311 g/mol. The average Bonchev–Trinajstić information content (AvgIpc) is 2.76. The van der Waals surface area contributed by atoms with Crippen LogP contribution in [0.25, 0.3) is 0 Å². The molecule has 0 amide bonds. The summed E-state index contributed by atoms with van der Waals surface area (Å²) in [5, 5.41) is 10.3. The minimum atomic E-state index is -0.872. The lowest BCUT2D eigenvalue weighted by molar-refractivity contribution is -0.0560. The summed E-state index contributed by atoms with van der Waals surface area (Å²) in [6, 6.07) is 0. The molecule has 1 heterocycles. The van der Waals surface area contributed by atoms with E-state index in [4.69, 9.17) is 9.72 Å². The minimum Gasteiger partial charge on any atom is -0.477 e. The standard InChI is InChI=1S/C16H25NO3S/c1-4-20-16(9-7-5-6-8-10-16)15-17-12(11(2)3)13(21-15)14(18)19/h11H,4-10H2,1-3H3,(H,18,19). The van der Waals surface area contributed by atoms with E-state index < -0.39 is 5.97 Å². The number of carbonyl (C=O) groups is 1. The third-order valence-electron chi connectivity index (χ3n) is 4.12. The van der Waals surface area contributed by atoms with Crippen LogP contribution in [0.15, 0.2) is 0 Å². The molecule has 5 heteroatoms. The Bertz CT molecular complexity index is 488. The smallest absolute Gasteiger partial charge is 0.347 e. The molecule has 1 saturated carbocycles. The molecule has 0 saturated heterocycles. The zero-order valence-electron chi connectivity index (χ0n) is 13.1. The Morgan fingerprint density at radius 1 is 1.33 bits per heavy atom. The van der Waals surface area contributed by atoms with Crippen LogP contribution in [0.1, 0.15) is 85.6 Å². The number of hydrogen-bond donors (Lipinski definition) is 1. The van der Waals surface area contributed by atoms with E-state index in [0.717, 1.165) is 30.7 Å².